The van der Waals surface area contributed by atoms with Crippen molar-refractivity contribution in [2.75, 3.05) is 14.2 Å². The highest BCUT2D eigenvalue weighted by atomic mass is 16.5. The van der Waals surface area contributed by atoms with Gasteiger partial charge in [-0.25, -0.2) is 0 Å². The number of hydrogen-bond acceptors (Lipinski definition) is 6. The SMILES string of the molecule is COc1ccc(CNC(=O)c2ccc(-n3nnnc3C)cc2)cc1OC. The van der Waals surface area contributed by atoms with Crippen LogP contribution in [-0.4, -0.2) is 40.3 Å². The molecule has 1 aromatic heterocycles. The Bertz CT molecular complexity index is 905. The number of carbonyl (C=O) groups excluding carboxylic acids is 1. The lowest BCUT2D eigenvalue weighted by atomic mass is 10.1. The molecule has 0 spiro atoms. The summed E-state index contributed by atoms with van der Waals surface area (Å²) in [4.78, 5) is 12.3. The molecule has 0 aliphatic heterocycles. The van der Waals surface area contributed by atoms with Gasteiger partial charge < -0.3 is 14.8 Å². The van der Waals surface area contributed by atoms with E-state index in [4.69, 9.17) is 9.47 Å². The van der Waals surface area contributed by atoms with E-state index in [0.29, 0.717) is 29.4 Å². The fraction of sp³-hybridized carbons (Fsp3) is 0.222. The molecule has 0 saturated heterocycles. The van der Waals surface area contributed by atoms with E-state index in [0.717, 1.165) is 11.3 Å². The van der Waals surface area contributed by atoms with Gasteiger partial charge in [0.05, 0.1) is 19.9 Å². The van der Waals surface area contributed by atoms with Crippen LogP contribution in [0, 0.1) is 6.92 Å². The minimum atomic E-state index is -0.167. The number of carbonyl (C=O) groups is 1. The summed E-state index contributed by atoms with van der Waals surface area (Å²) in [5, 5.41) is 14.2. The van der Waals surface area contributed by atoms with Crippen LogP contribution in [0.3, 0.4) is 0 Å². The summed E-state index contributed by atoms with van der Waals surface area (Å²) in [6.07, 6.45) is 0. The number of aromatic nitrogens is 4. The molecule has 134 valence electrons. The van der Waals surface area contributed by atoms with Gasteiger partial charge in [0.1, 0.15) is 0 Å². The molecule has 0 radical (unpaired) electrons. The molecule has 0 fully saturated rings. The zero-order chi connectivity index (χ0) is 18.5. The van der Waals surface area contributed by atoms with Gasteiger partial charge in [0.15, 0.2) is 17.3 Å². The highest BCUT2D eigenvalue weighted by Gasteiger charge is 2.09. The standard InChI is InChI=1S/C18H19N5O3/c1-12-20-21-22-23(12)15-7-5-14(6-8-15)18(24)19-11-13-4-9-16(25-2)17(10-13)26-3/h4-10H,11H2,1-3H3,(H,19,24). The lowest BCUT2D eigenvalue weighted by Crippen LogP contribution is -2.22. The maximum Gasteiger partial charge on any atom is 0.251 e. The molecule has 8 heteroatoms. The summed E-state index contributed by atoms with van der Waals surface area (Å²) >= 11 is 0. The number of nitrogens with one attached hydrogen (secondary N) is 1. The average Bonchev–Trinajstić information content (AvgIpc) is 3.11. The number of tetrazole rings is 1. The van der Waals surface area contributed by atoms with Crippen LogP contribution >= 0.6 is 0 Å². The Labute approximate surface area is 150 Å². The minimum absolute atomic E-state index is 0.167. The summed E-state index contributed by atoms with van der Waals surface area (Å²) in [6, 6.07) is 12.6. The molecule has 1 N–H and O–H groups in total. The van der Waals surface area contributed by atoms with Gasteiger partial charge in [-0.1, -0.05) is 6.07 Å². The highest BCUT2D eigenvalue weighted by Crippen LogP contribution is 2.27. The monoisotopic (exact) mass is 353 g/mol. The van der Waals surface area contributed by atoms with E-state index in [2.05, 4.69) is 20.8 Å². The normalized spacial score (nSPS) is 10.4. The molecular formula is C18H19N5O3. The number of rotatable bonds is 6. The van der Waals surface area contributed by atoms with Gasteiger partial charge in [-0.15, -0.1) is 5.10 Å². The Hall–Kier alpha value is -3.42. The number of aryl methyl sites for hydroxylation is 1. The van der Waals surface area contributed by atoms with Crippen LogP contribution in [-0.2, 0) is 6.54 Å². The van der Waals surface area contributed by atoms with Crippen molar-refractivity contribution in [2.24, 2.45) is 0 Å². The Morgan fingerprint density at radius 3 is 2.42 bits per heavy atom. The molecule has 1 heterocycles. The fourth-order valence-electron chi connectivity index (χ4n) is 2.50. The van der Waals surface area contributed by atoms with E-state index >= 15 is 0 Å². The van der Waals surface area contributed by atoms with Gasteiger partial charge in [-0.3, -0.25) is 4.79 Å². The van der Waals surface area contributed by atoms with Crippen molar-refractivity contribution >= 4 is 5.91 Å². The molecule has 3 rings (SSSR count). The summed E-state index contributed by atoms with van der Waals surface area (Å²) < 4.78 is 12.1. The molecule has 8 nitrogen and oxygen atoms in total. The molecule has 0 aliphatic carbocycles. The van der Waals surface area contributed by atoms with E-state index in [1.807, 2.05) is 25.1 Å². The van der Waals surface area contributed by atoms with Crippen molar-refractivity contribution in [2.45, 2.75) is 13.5 Å². The van der Waals surface area contributed by atoms with Crippen molar-refractivity contribution < 1.29 is 14.3 Å². The van der Waals surface area contributed by atoms with E-state index in [-0.39, 0.29) is 5.91 Å². The first-order valence-corrected chi connectivity index (χ1v) is 7.97. The van der Waals surface area contributed by atoms with Crippen LogP contribution in [0.2, 0.25) is 0 Å². The first kappa shape index (κ1) is 17.4. The first-order chi connectivity index (χ1) is 12.6. The van der Waals surface area contributed by atoms with Gasteiger partial charge in [0.2, 0.25) is 0 Å². The summed E-state index contributed by atoms with van der Waals surface area (Å²) in [5.41, 5.74) is 2.26. The Morgan fingerprint density at radius 2 is 1.81 bits per heavy atom. The van der Waals surface area contributed by atoms with Crippen LogP contribution in [0.4, 0.5) is 0 Å². The Morgan fingerprint density at radius 1 is 1.08 bits per heavy atom. The van der Waals surface area contributed by atoms with Crippen molar-refractivity contribution in [3.63, 3.8) is 0 Å². The van der Waals surface area contributed by atoms with Crippen LogP contribution in [0.15, 0.2) is 42.5 Å². The first-order valence-electron chi connectivity index (χ1n) is 7.97. The third-order valence-electron chi connectivity index (χ3n) is 3.90. The minimum Gasteiger partial charge on any atom is -0.493 e. The molecule has 0 unspecified atom stereocenters. The summed E-state index contributed by atoms with van der Waals surface area (Å²) in [5.74, 6) is 1.78. The molecule has 1 amide bonds. The summed E-state index contributed by atoms with van der Waals surface area (Å²) in [6.45, 7) is 2.19. The second-order valence-electron chi connectivity index (χ2n) is 5.56. The third-order valence-corrected chi connectivity index (χ3v) is 3.90. The maximum atomic E-state index is 12.3. The van der Waals surface area contributed by atoms with Crippen molar-refractivity contribution in [3.05, 3.63) is 59.4 Å². The topological polar surface area (TPSA) is 91.2 Å². The number of benzene rings is 2. The molecule has 0 atom stereocenters. The van der Waals surface area contributed by atoms with E-state index in [1.54, 1.807) is 43.2 Å². The maximum absolute atomic E-state index is 12.3. The molecule has 3 aromatic rings. The van der Waals surface area contributed by atoms with Crippen LogP contribution in [0.5, 0.6) is 11.5 Å². The third kappa shape index (κ3) is 3.64. The lowest BCUT2D eigenvalue weighted by molar-refractivity contribution is 0.0951. The van der Waals surface area contributed by atoms with Gasteiger partial charge in [0, 0.05) is 12.1 Å². The van der Waals surface area contributed by atoms with Gasteiger partial charge >= 0.3 is 0 Å². The van der Waals surface area contributed by atoms with E-state index < -0.39 is 0 Å². The zero-order valence-electron chi connectivity index (χ0n) is 14.8. The number of nitrogens with zero attached hydrogens (tertiary/aromatic N) is 4. The summed E-state index contributed by atoms with van der Waals surface area (Å²) in [7, 11) is 3.16. The number of hydrogen-bond donors (Lipinski definition) is 1. The van der Waals surface area contributed by atoms with E-state index in [9.17, 15) is 4.79 Å². The quantitative estimate of drug-likeness (QED) is 0.728. The number of methoxy groups -OCH3 is 2. The Kier molecular flexibility index (Phi) is 5.12. The predicted molar refractivity (Wildman–Crippen MR) is 94.6 cm³/mol. The highest BCUT2D eigenvalue weighted by molar-refractivity contribution is 5.94. The zero-order valence-corrected chi connectivity index (χ0v) is 14.8. The van der Waals surface area contributed by atoms with Gasteiger partial charge in [-0.2, -0.15) is 4.68 Å². The van der Waals surface area contributed by atoms with Crippen molar-refractivity contribution in [3.8, 4) is 17.2 Å². The largest absolute Gasteiger partial charge is 0.493 e. The van der Waals surface area contributed by atoms with Crippen molar-refractivity contribution in [1.82, 2.24) is 25.5 Å². The van der Waals surface area contributed by atoms with Crippen LogP contribution in [0.25, 0.3) is 5.69 Å². The van der Waals surface area contributed by atoms with Crippen LogP contribution in [0.1, 0.15) is 21.7 Å². The number of ether oxygens (including phenoxy) is 2. The molecule has 0 aliphatic rings. The molecule has 2 aromatic carbocycles. The molecule has 0 saturated carbocycles. The van der Waals surface area contributed by atoms with Crippen molar-refractivity contribution in [1.29, 1.82) is 0 Å². The molecule has 26 heavy (non-hydrogen) atoms. The molecule has 0 bridgehead atoms. The smallest absolute Gasteiger partial charge is 0.251 e. The van der Waals surface area contributed by atoms with Gasteiger partial charge in [0.25, 0.3) is 5.91 Å². The van der Waals surface area contributed by atoms with E-state index in [1.165, 1.54) is 0 Å². The average molecular weight is 353 g/mol. The lowest BCUT2D eigenvalue weighted by Gasteiger charge is -2.10. The van der Waals surface area contributed by atoms with Crippen LogP contribution < -0.4 is 14.8 Å². The predicted octanol–water partition coefficient (Wildman–Crippen LogP) is 1.92. The Balaban J connectivity index is 1.66. The number of amides is 1. The van der Waals surface area contributed by atoms with Gasteiger partial charge in [-0.05, 0) is 59.3 Å². The molecular weight excluding hydrogens is 334 g/mol. The second-order valence-corrected chi connectivity index (χ2v) is 5.56. The second kappa shape index (κ2) is 7.64. The fourth-order valence-corrected chi connectivity index (χ4v) is 2.50.